The average Bonchev–Trinajstić information content (AvgIpc) is 3.76. The van der Waals surface area contributed by atoms with Crippen molar-refractivity contribution in [1.82, 2.24) is 42.5 Å². The van der Waals surface area contributed by atoms with E-state index in [1.807, 2.05) is 0 Å². The smallest absolute Gasteiger partial charge is 0.286 e. The summed E-state index contributed by atoms with van der Waals surface area (Å²) in [5.41, 5.74) is 0. The lowest BCUT2D eigenvalue weighted by atomic mass is 9.76. The normalized spacial score (nSPS) is 52.5. The van der Waals surface area contributed by atoms with E-state index >= 15 is 0 Å². The summed E-state index contributed by atoms with van der Waals surface area (Å²) < 4.78 is 18.3. The molecule has 0 spiro atoms. The van der Waals surface area contributed by atoms with Crippen molar-refractivity contribution in [2.45, 2.75) is 152 Å². The van der Waals surface area contributed by atoms with Crippen LogP contribution in [0.2, 0.25) is 0 Å². The molecule has 256 valence electrons. The molecule has 5 heterocycles. The topological polar surface area (TPSA) is 130 Å². The van der Waals surface area contributed by atoms with Crippen LogP contribution in [0.5, 0.6) is 0 Å². The highest BCUT2D eigenvalue weighted by Gasteiger charge is 2.54. The van der Waals surface area contributed by atoms with Gasteiger partial charge in [0.05, 0.1) is 49.3 Å². The quantitative estimate of drug-likeness (QED) is 0.180. The van der Waals surface area contributed by atoms with Crippen LogP contribution in [0.15, 0.2) is 0 Å². The van der Waals surface area contributed by atoms with E-state index in [1.165, 1.54) is 103 Å². The van der Waals surface area contributed by atoms with E-state index < -0.39 is 8.26 Å². The molecule has 5 aliphatic heterocycles. The summed E-state index contributed by atoms with van der Waals surface area (Å²) in [4.78, 5) is 0. The zero-order valence-corrected chi connectivity index (χ0v) is 28.9. The third-order valence-corrected chi connectivity index (χ3v) is 13.8. The molecule has 9 aliphatic rings. The minimum Gasteiger partial charge on any atom is -0.286 e. The molecule has 8 atom stereocenters. The van der Waals surface area contributed by atoms with Crippen LogP contribution in [-0.4, -0.2) is 57.7 Å². The first-order chi connectivity index (χ1) is 21.8. The molecule has 5 saturated heterocycles. The lowest BCUT2D eigenvalue weighted by Crippen LogP contribution is -2.61. The summed E-state index contributed by atoms with van der Waals surface area (Å²) >= 11 is 0. The Morgan fingerprint density at radius 1 is 0.311 bits per heavy atom. The lowest BCUT2D eigenvalue weighted by Gasteiger charge is -2.35. The van der Waals surface area contributed by atoms with Crippen molar-refractivity contribution in [3.05, 3.63) is 0 Å². The van der Waals surface area contributed by atoms with Gasteiger partial charge < -0.3 is 0 Å². The standard InChI is InChI=1S/C32H56N8.Cl2O2S/c1-2-10-18-17(9-1)25-33-26(18)38-28-21-13-5-6-14-22(21)30(35-28)40-32-24-16-8-7-15-23(24)31(36-32)39-29-20-12-4-3-11-19(20)27(34-29)37-25;1-5(2,3)4/h17-40H,1-16H2;. The summed E-state index contributed by atoms with van der Waals surface area (Å²) in [5.74, 6) is 5.97. The SMILES string of the molecule is C1CCC2C3NC(NC4NC(NC5NC(NC6NC(N3)C3CCCCC63)C3CCCCC53)C3CCCCC43)C2C1.O=S(=O)(Cl)Cl. The number of hydrogen-bond donors (Lipinski definition) is 8. The molecule has 9 rings (SSSR count). The average molecular weight is 688 g/mol. The van der Waals surface area contributed by atoms with Gasteiger partial charge in [0.25, 0.3) is 0 Å². The number of nitrogens with one attached hydrogen (secondary N) is 8. The van der Waals surface area contributed by atoms with Gasteiger partial charge in [-0.05, 0) is 98.7 Å². The fourth-order valence-electron chi connectivity index (χ4n) is 12.0. The fraction of sp³-hybridized carbons (Fsp3) is 1.00. The van der Waals surface area contributed by atoms with E-state index in [1.54, 1.807) is 0 Å². The summed E-state index contributed by atoms with van der Waals surface area (Å²) in [6.07, 6.45) is 25.6. The van der Waals surface area contributed by atoms with Crippen molar-refractivity contribution in [2.24, 2.45) is 47.3 Å². The summed E-state index contributed by atoms with van der Waals surface area (Å²) in [6.45, 7) is 0. The Hall–Kier alpha value is 0.210. The predicted octanol–water partition coefficient (Wildman–Crippen LogP) is 3.31. The van der Waals surface area contributed by atoms with E-state index in [-0.39, 0.29) is 0 Å². The monoisotopic (exact) mass is 686 g/mol. The maximum absolute atomic E-state index is 9.16. The zero-order valence-electron chi connectivity index (χ0n) is 26.5. The highest BCUT2D eigenvalue weighted by Crippen LogP contribution is 2.45. The van der Waals surface area contributed by atoms with E-state index in [2.05, 4.69) is 63.9 Å². The Balaban J connectivity index is 0.000000560. The molecule has 0 aromatic carbocycles. The van der Waals surface area contributed by atoms with Crippen LogP contribution in [0.25, 0.3) is 0 Å². The Morgan fingerprint density at radius 2 is 0.422 bits per heavy atom. The molecule has 45 heavy (non-hydrogen) atoms. The predicted molar refractivity (Wildman–Crippen MR) is 178 cm³/mol. The van der Waals surface area contributed by atoms with E-state index in [4.69, 9.17) is 8.42 Å². The lowest BCUT2D eigenvalue weighted by molar-refractivity contribution is 0.167. The highest BCUT2D eigenvalue weighted by atomic mass is 36.0. The summed E-state index contributed by atoms with van der Waals surface area (Å²) in [7, 11) is 4.81. The van der Waals surface area contributed by atoms with Gasteiger partial charge in [-0.3, -0.25) is 42.5 Å². The molecule has 13 heteroatoms. The molecule has 0 aromatic rings. The number of halogens is 2. The summed E-state index contributed by atoms with van der Waals surface area (Å²) in [5, 5.41) is 33.8. The van der Waals surface area contributed by atoms with Gasteiger partial charge in [-0.25, -0.2) is 0 Å². The van der Waals surface area contributed by atoms with Crippen molar-refractivity contribution in [2.75, 3.05) is 0 Å². The number of rotatable bonds is 0. The highest BCUT2D eigenvalue weighted by molar-refractivity contribution is 8.31. The van der Waals surface area contributed by atoms with Crippen LogP contribution in [0.3, 0.4) is 0 Å². The second-order valence-corrected chi connectivity index (χ2v) is 19.6. The van der Waals surface area contributed by atoms with Gasteiger partial charge >= 0.3 is 8.26 Å². The van der Waals surface area contributed by atoms with Gasteiger partial charge in [0, 0.05) is 21.4 Å². The first kappa shape index (κ1) is 32.4. The Bertz CT molecular complexity index is 938. The summed E-state index contributed by atoms with van der Waals surface area (Å²) in [6, 6.07) is 0. The maximum atomic E-state index is 9.16. The molecular weight excluding hydrogens is 631 g/mol. The zero-order chi connectivity index (χ0) is 30.7. The number of hydrogen-bond acceptors (Lipinski definition) is 10. The molecule has 4 aliphatic carbocycles. The maximum Gasteiger partial charge on any atom is 0.317 e. The minimum absolute atomic E-state index is 0.420. The molecule has 4 saturated carbocycles. The largest absolute Gasteiger partial charge is 0.317 e. The Labute approximate surface area is 279 Å². The molecule has 10 nitrogen and oxygen atoms in total. The second kappa shape index (κ2) is 13.5. The molecule has 8 bridgehead atoms. The minimum atomic E-state index is -3.72. The van der Waals surface area contributed by atoms with E-state index in [0.29, 0.717) is 49.3 Å². The first-order valence-electron chi connectivity index (χ1n) is 18.5. The molecule has 8 unspecified atom stereocenters. The molecule has 8 N–H and O–H groups in total. The van der Waals surface area contributed by atoms with Crippen LogP contribution in [0, 0.1) is 47.3 Å². The molecule has 0 aromatic heterocycles. The van der Waals surface area contributed by atoms with Crippen molar-refractivity contribution >= 4 is 29.6 Å². The van der Waals surface area contributed by atoms with Crippen LogP contribution in [0.1, 0.15) is 103 Å². The molecule has 0 radical (unpaired) electrons. The Kier molecular flexibility index (Phi) is 9.72. The molecule has 9 fully saturated rings. The van der Waals surface area contributed by atoms with Crippen LogP contribution in [0.4, 0.5) is 0 Å². The molecule has 0 amide bonds. The van der Waals surface area contributed by atoms with Crippen molar-refractivity contribution < 1.29 is 8.42 Å². The third-order valence-electron chi connectivity index (χ3n) is 13.8. The van der Waals surface area contributed by atoms with Crippen LogP contribution >= 0.6 is 21.4 Å². The van der Waals surface area contributed by atoms with Gasteiger partial charge in [-0.1, -0.05) is 51.4 Å². The second-order valence-electron chi connectivity index (χ2n) is 16.0. The van der Waals surface area contributed by atoms with Gasteiger partial charge in [0.15, 0.2) is 0 Å². The van der Waals surface area contributed by atoms with Gasteiger partial charge in [0.2, 0.25) is 0 Å². The number of fused-ring (bicyclic) bond motifs is 20. The fourth-order valence-corrected chi connectivity index (χ4v) is 12.0. The van der Waals surface area contributed by atoms with Crippen LogP contribution in [-0.2, 0) is 8.26 Å². The van der Waals surface area contributed by atoms with Gasteiger partial charge in [-0.15, -0.1) is 0 Å². The van der Waals surface area contributed by atoms with Crippen molar-refractivity contribution in [1.29, 1.82) is 0 Å². The third kappa shape index (κ3) is 6.73. The van der Waals surface area contributed by atoms with Crippen molar-refractivity contribution in [3.8, 4) is 0 Å². The molecular formula is C32H56Cl2N8O2S. The Morgan fingerprint density at radius 3 is 0.533 bits per heavy atom. The van der Waals surface area contributed by atoms with Crippen molar-refractivity contribution in [3.63, 3.8) is 0 Å². The van der Waals surface area contributed by atoms with E-state index in [0.717, 1.165) is 47.3 Å². The van der Waals surface area contributed by atoms with Crippen LogP contribution < -0.4 is 42.5 Å². The van der Waals surface area contributed by atoms with Gasteiger partial charge in [0.1, 0.15) is 0 Å². The first-order valence-corrected chi connectivity index (χ1v) is 21.7. The van der Waals surface area contributed by atoms with E-state index in [9.17, 15) is 0 Å². The van der Waals surface area contributed by atoms with Gasteiger partial charge in [-0.2, -0.15) is 8.42 Å².